The highest BCUT2D eigenvalue weighted by Crippen LogP contribution is 2.37. The van der Waals surface area contributed by atoms with Crippen LogP contribution in [0, 0.1) is 20.2 Å². The monoisotopic (exact) mass is 558 g/mol. The smallest absolute Gasteiger partial charge is 0.270 e. The fraction of sp³-hybridized carbons (Fsp3) is 0.0645. The van der Waals surface area contributed by atoms with Crippen molar-refractivity contribution < 1.29 is 24.0 Å². The molecule has 0 bridgehead atoms. The normalized spacial score (nSPS) is 12.9. The number of imide groups is 1. The summed E-state index contributed by atoms with van der Waals surface area (Å²) in [6.07, 6.45) is 1.70. The van der Waals surface area contributed by atoms with Gasteiger partial charge in [0, 0.05) is 41.6 Å². The largest absolute Gasteiger partial charge is 0.364 e. The molecule has 7 rings (SSSR count). The number of benzene rings is 5. The molecule has 204 valence electrons. The van der Waals surface area contributed by atoms with Crippen LogP contribution in [0.5, 0.6) is 0 Å². The number of non-ortho nitro benzene ring substituents is 2. The number of hydrogen-bond donors (Lipinski definition) is 0. The molecule has 42 heavy (non-hydrogen) atoms. The van der Waals surface area contributed by atoms with E-state index in [1.807, 2.05) is 42.5 Å². The summed E-state index contributed by atoms with van der Waals surface area (Å²) in [7, 11) is 0. The van der Waals surface area contributed by atoms with Crippen molar-refractivity contribution in [1.82, 2.24) is 10.1 Å². The molecule has 0 spiro atoms. The van der Waals surface area contributed by atoms with Crippen molar-refractivity contribution in [1.29, 1.82) is 0 Å². The predicted octanol–water partition coefficient (Wildman–Crippen LogP) is 6.34. The highest BCUT2D eigenvalue weighted by molar-refractivity contribution is 6.26. The van der Waals surface area contributed by atoms with E-state index >= 15 is 0 Å². The van der Waals surface area contributed by atoms with Gasteiger partial charge in [0.1, 0.15) is 6.26 Å². The van der Waals surface area contributed by atoms with Crippen molar-refractivity contribution in [3.63, 3.8) is 0 Å². The van der Waals surface area contributed by atoms with E-state index in [2.05, 4.69) is 17.3 Å². The molecular weight excluding hydrogens is 540 g/mol. The molecule has 0 N–H and O–H groups in total. The van der Waals surface area contributed by atoms with E-state index < -0.39 is 33.0 Å². The van der Waals surface area contributed by atoms with Gasteiger partial charge in [0.2, 0.25) is 0 Å². The molecule has 0 fully saturated rings. The standard InChI is InChI=1S/C31H18N4O7/c36-30-26-13-21(34(38)39)10-19-11-22(35(40)41)14-27(29(19)26)31(37)33(30)15-20-16-42-32-28(20)12-18-9-17-5-1-2-6-23(17)25-8-4-3-7-24(18)25/h1-11,13-14,16H,12,15H2. The Kier molecular flexibility index (Phi) is 5.54. The zero-order chi connectivity index (χ0) is 29.1. The molecule has 11 nitrogen and oxygen atoms in total. The predicted molar refractivity (Wildman–Crippen MR) is 152 cm³/mol. The summed E-state index contributed by atoms with van der Waals surface area (Å²) in [6, 6.07) is 22.5. The number of hydrogen-bond acceptors (Lipinski definition) is 8. The van der Waals surface area contributed by atoms with Crippen LogP contribution in [0.25, 0.3) is 32.3 Å². The van der Waals surface area contributed by atoms with Crippen LogP contribution in [0.1, 0.15) is 37.5 Å². The second kappa shape index (κ2) is 9.30. The van der Waals surface area contributed by atoms with Crippen molar-refractivity contribution in [3.05, 3.63) is 133 Å². The first-order valence-electron chi connectivity index (χ1n) is 12.9. The minimum atomic E-state index is -0.752. The first kappa shape index (κ1) is 25.0. The third-order valence-electron chi connectivity index (χ3n) is 7.66. The van der Waals surface area contributed by atoms with E-state index in [9.17, 15) is 29.8 Å². The zero-order valence-corrected chi connectivity index (χ0v) is 21.6. The molecule has 5 aromatic carbocycles. The highest BCUT2D eigenvalue weighted by atomic mass is 16.6. The fourth-order valence-corrected chi connectivity index (χ4v) is 5.74. The van der Waals surface area contributed by atoms with E-state index in [0.717, 1.165) is 56.3 Å². The van der Waals surface area contributed by atoms with Crippen molar-refractivity contribution in [2.24, 2.45) is 0 Å². The summed E-state index contributed by atoms with van der Waals surface area (Å²) in [5.41, 5.74) is 0.942. The van der Waals surface area contributed by atoms with Gasteiger partial charge < -0.3 is 4.52 Å². The molecule has 1 aromatic heterocycles. The van der Waals surface area contributed by atoms with Gasteiger partial charge >= 0.3 is 0 Å². The molecule has 1 aliphatic heterocycles. The lowest BCUT2D eigenvalue weighted by molar-refractivity contribution is -0.385. The summed E-state index contributed by atoms with van der Waals surface area (Å²) in [6.45, 7) is -0.242. The molecule has 0 radical (unpaired) electrons. The van der Waals surface area contributed by atoms with Crippen LogP contribution in [0.4, 0.5) is 11.4 Å². The number of nitrogens with zero attached hydrogens (tertiary/aromatic N) is 4. The third kappa shape index (κ3) is 3.86. The maximum Gasteiger partial charge on any atom is 0.270 e. The van der Waals surface area contributed by atoms with E-state index in [-0.39, 0.29) is 28.4 Å². The Balaban J connectivity index is 1.30. The van der Waals surface area contributed by atoms with Crippen LogP contribution >= 0.6 is 0 Å². The number of aromatic nitrogens is 1. The average Bonchev–Trinajstić information content (AvgIpc) is 3.43. The maximum absolute atomic E-state index is 13.6. The van der Waals surface area contributed by atoms with Gasteiger partial charge in [0.05, 0.1) is 33.2 Å². The van der Waals surface area contributed by atoms with Crippen LogP contribution in [0.15, 0.2) is 89.6 Å². The first-order chi connectivity index (χ1) is 20.3. The van der Waals surface area contributed by atoms with Crippen LogP contribution in [0.2, 0.25) is 0 Å². The SMILES string of the molecule is O=C1c2cc([N+](=O)[O-])cc3cc([N+](=O)[O-])cc(c23)C(=O)N1Cc1conc1Cc1cc2ccccc2c2ccccc12. The number of rotatable bonds is 6. The van der Waals surface area contributed by atoms with Gasteiger partial charge in [-0.1, -0.05) is 59.8 Å². The number of fused-ring (bicyclic) bond motifs is 3. The number of nitro groups is 2. The number of amides is 2. The molecule has 6 aromatic rings. The van der Waals surface area contributed by atoms with Gasteiger partial charge in [-0.05, 0) is 32.5 Å². The second-order valence-electron chi connectivity index (χ2n) is 10.1. The van der Waals surface area contributed by atoms with E-state index in [1.54, 1.807) is 0 Å². The molecule has 11 heteroatoms. The third-order valence-corrected chi connectivity index (χ3v) is 7.66. The van der Waals surface area contributed by atoms with Gasteiger partial charge in [-0.3, -0.25) is 34.7 Å². The van der Waals surface area contributed by atoms with Crippen molar-refractivity contribution in [2.45, 2.75) is 13.0 Å². The summed E-state index contributed by atoms with van der Waals surface area (Å²) in [5, 5.41) is 31.8. The summed E-state index contributed by atoms with van der Waals surface area (Å²) in [4.78, 5) is 50.0. The molecule has 2 amide bonds. The van der Waals surface area contributed by atoms with Gasteiger partial charge in [-0.2, -0.15) is 0 Å². The quantitative estimate of drug-likeness (QED) is 0.0995. The number of carbonyl (C=O) groups excluding carboxylic acids is 2. The first-order valence-corrected chi connectivity index (χ1v) is 12.9. The molecule has 0 saturated carbocycles. The minimum Gasteiger partial charge on any atom is -0.364 e. The summed E-state index contributed by atoms with van der Waals surface area (Å²) < 4.78 is 5.28. The summed E-state index contributed by atoms with van der Waals surface area (Å²) in [5.74, 6) is -1.50. The molecule has 2 heterocycles. The lowest BCUT2D eigenvalue weighted by Crippen LogP contribution is -2.40. The Hall–Kier alpha value is -5.97. The van der Waals surface area contributed by atoms with E-state index in [0.29, 0.717) is 17.7 Å². The fourth-order valence-electron chi connectivity index (χ4n) is 5.74. The van der Waals surface area contributed by atoms with Crippen LogP contribution in [-0.2, 0) is 13.0 Å². The Morgan fingerprint density at radius 1 is 0.714 bits per heavy atom. The topological polar surface area (TPSA) is 150 Å². The Bertz CT molecular complexity index is 2100. The molecule has 1 aliphatic rings. The molecule has 0 atom stereocenters. The van der Waals surface area contributed by atoms with Crippen LogP contribution in [0.3, 0.4) is 0 Å². The van der Waals surface area contributed by atoms with Crippen LogP contribution < -0.4 is 0 Å². The Labute approximate surface area is 235 Å². The van der Waals surface area contributed by atoms with Crippen molar-refractivity contribution >= 4 is 55.5 Å². The minimum absolute atomic E-state index is 0.0681. The van der Waals surface area contributed by atoms with Crippen LogP contribution in [-0.4, -0.2) is 31.7 Å². The van der Waals surface area contributed by atoms with Crippen molar-refractivity contribution in [2.75, 3.05) is 0 Å². The summed E-state index contributed by atoms with van der Waals surface area (Å²) >= 11 is 0. The Morgan fingerprint density at radius 3 is 1.95 bits per heavy atom. The Morgan fingerprint density at radius 2 is 1.31 bits per heavy atom. The molecular formula is C31H18N4O7. The highest BCUT2D eigenvalue weighted by Gasteiger charge is 2.36. The lowest BCUT2D eigenvalue weighted by Gasteiger charge is -2.26. The second-order valence-corrected chi connectivity index (χ2v) is 10.1. The van der Waals surface area contributed by atoms with Gasteiger partial charge in [-0.15, -0.1) is 0 Å². The van der Waals surface area contributed by atoms with E-state index in [4.69, 9.17) is 4.52 Å². The van der Waals surface area contributed by atoms with Gasteiger partial charge in [0.25, 0.3) is 23.2 Å². The lowest BCUT2D eigenvalue weighted by atomic mass is 9.92. The van der Waals surface area contributed by atoms with Crippen molar-refractivity contribution in [3.8, 4) is 0 Å². The average molecular weight is 559 g/mol. The van der Waals surface area contributed by atoms with E-state index in [1.165, 1.54) is 6.26 Å². The molecule has 0 saturated heterocycles. The maximum atomic E-state index is 13.6. The number of nitro benzene ring substituents is 2. The zero-order valence-electron chi connectivity index (χ0n) is 21.6. The molecule has 0 unspecified atom stereocenters. The number of carbonyl (C=O) groups is 2. The van der Waals surface area contributed by atoms with Gasteiger partial charge in [0.15, 0.2) is 0 Å². The van der Waals surface area contributed by atoms with Gasteiger partial charge in [-0.25, -0.2) is 0 Å². The molecule has 0 aliphatic carbocycles.